The second-order valence-corrected chi connectivity index (χ2v) is 5.92. The van der Waals surface area contributed by atoms with Crippen LogP contribution in [0.4, 0.5) is 13.2 Å². The average Bonchev–Trinajstić information content (AvgIpc) is 2.88. The number of nitrogens with zero attached hydrogens (tertiary/aromatic N) is 4. The Hall–Kier alpha value is -2.06. The molecule has 3 rings (SSSR count). The van der Waals surface area contributed by atoms with E-state index in [1.165, 1.54) is 16.8 Å². The molecule has 0 saturated carbocycles. The lowest BCUT2D eigenvalue weighted by atomic mass is 10.2. The number of ether oxygens (including phenoxy) is 1. The molecular formula is C16H16ClF3N4O. The van der Waals surface area contributed by atoms with E-state index in [1.54, 1.807) is 13.1 Å². The number of alkyl halides is 3. The van der Waals surface area contributed by atoms with Crippen molar-refractivity contribution in [3.63, 3.8) is 0 Å². The number of halogens is 4. The van der Waals surface area contributed by atoms with Gasteiger partial charge in [0.2, 0.25) is 0 Å². The molecule has 1 saturated heterocycles. The van der Waals surface area contributed by atoms with Crippen molar-refractivity contribution in [1.29, 1.82) is 0 Å². The number of hydrogen-bond donors (Lipinski definition) is 0. The zero-order chi connectivity index (χ0) is 18.0. The minimum atomic E-state index is -4.43. The number of hydrazone groups is 1. The summed E-state index contributed by atoms with van der Waals surface area (Å²) in [6.07, 6.45) is -2.84. The highest BCUT2D eigenvalue weighted by atomic mass is 35.5. The Morgan fingerprint density at radius 3 is 2.68 bits per heavy atom. The highest BCUT2D eigenvalue weighted by Gasteiger charge is 2.30. The third-order valence-corrected chi connectivity index (χ3v) is 4.17. The normalized spacial score (nSPS) is 16.0. The fourth-order valence-electron chi connectivity index (χ4n) is 2.45. The van der Waals surface area contributed by atoms with Crippen molar-refractivity contribution in [2.24, 2.45) is 5.10 Å². The molecule has 0 aliphatic carbocycles. The van der Waals surface area contributed by atoms with Gasteiger partial charge in [0.25, 0.3) is 0 Å². The summed E-state index contributed by atoms with van der Waals surface area (Å²) in [7, 11) is 0. The van der Waals surface area contributed by atoms with Gasteiger partial charge in [0.15, 0.2) is 0 Å². The van der Waals surface area contributed by atoms with E-state index >= 15 is 0 Å². The molecule has 25 heavy (non-hydrogen) atoms. The lowest BCUT2D eigenvalue weighted by Crippen LogP contribution is -2.32. The topological polar surface area (TPSA) is 42.7 Å². The SMILES string of the molecule is Cc1nn(-c2cccc(C(F)(F)F)c2)c(Cl)c1/C=N/N1CCOCC1. The van der Waals surface area contributed by atoms with Crippen molar-refractivity contribution >= 4 is 17.8 Å². The molecule has 2 heterocycles. The summed E-state index contributed by atoms with van der Waals surface area (Å²) in [5.74, 6) is 0. The van der Waals surface area contributed by atoms with Crippen molar-refractivity contribution in [3.8, 4) is 5.69 Å². The van der Waals surface area contributed by atoms with Crippen LogP contribution < -0.4 is 0 Å². The van der Waals surface area contributed by atoms with Crippen LogP contribution in [0.3, 0.4) is 0 Å². The molecule has 0 unspecified atom stereocenters. The zero-order valence-corrected chi connectivity index (χ0v) is 14.2. The smallest absolute Gasteiger partial charge is 0.378 e. The molecule has 0 bridgehead atoms. The largest absolute Gasteiger partial charge is 0.416 e. The van der Waals surface area contributed by atoms with E-state index in [9.17, 15) is 13.2 Å². The molecular weight excluding hydrogens is 357 g/mol. The van der Waals surface area contributed by atoms with Crippen molar-refractivity contribution in [2.45, 2.75) is 13.1 Å². The molecule has 1 aliphatic rings. The average molecular weight is 373 g/mol. The van der Waals surface area contributed by atoms with Gasteiger partial charge in [-0.2, -0.15) is 23.4 Å². The Morgan fingerprint density at radius 2 is 2.00 bits per heavy atom. The van der Waals surface area contributed by atoms with Crippen LogP contribution in [-0.2, 0) is 10.9 Å². The maximum Gasteiger partial charge on any atom is 0.416 e. The van der Waals surface area contributed by atoms with Gasteiger partial charge in [-0.15, -0.1) is 0 Å². The first-order valence-corrected chi connectivity index (χ1v) is 8.03. The van der Waals surface area contributed by atoms with Crippen LogP contribution in [0.25, 0.3) is 5.69 Å². The molecule has 0 spiro atoms. The van der Waals surface area contributed by atoms with Gasteiger partial charge in [-0.25, -0.2) is 4.68 Å². The molecule has 0 N–H and O–H groups in total. The first-order valence-electron chi connectivity index (χ1n) is 7.65. The molecule has 0 amide bonds. The number of benzene rings is 1. The van der Waals surface area contributed by atoms with Gasteiger partial charge >= 0.3 is 6.18 Å². The molecule has 1 aromatic carbocycles. The van der Waals surface area contributed by atoms with Gasteiger partial charge in [-0.3, -0.25) is 5.01 Å². The summed E-state index contributed by atoms with van der Waals surface area (Å²) < 4.78 is 45.2. The van der Waals surface area contributed by atoms with Crippen LogP contribution in [0.1, 0.15) is 16.8 Å². The van der Waals surface area contributed by atoms with Gasteiger partial charge in [0, 0.05) is 0 Å². The Bertz CT molecular complexity index is 782. The molecule has 2 aromatic rings. The third-order valence-electron chi connectivity index (χ3n) is 3.80. The maximum absolute atomic E-state index is 12.9. The molecule has 0 atom stereocenters. The molecule has 9 heteroatoms. The van der Waals surface area contributed by atoms with Crippen LogP contribution in [0.15, 0.2) is 29.4 Å². The van der Waals surface area contributed by atoms with Gasteiger partial charge in [-0.05, 0) is 25.1 Å². The van der Waals surface area contributed by atoms with Gasteiger partial charge in [0.1, 0.15) is 5.15 Å². The maximum atomic E-state index is 12.9. The van der Waals surface area contributed by atoms with Crippen molar-refractivity contribution in [3.05, 3.63) is 46.2 Å². The van der Waals surface area contributed by atoms with E-state index in [0.717, 1.165) is 12.1 Å². The van der Waals surface area contributed by atoms with Crippen molar-refractivity contribution in [2.75, 3.05) is 26.3 Å². The lowest BCUT2D eigenvalue weighted by molar-refractivity contribution is -0.137. The fraction of sp³-hybridized carbons (Fsp3) is 0.375. The molecule has 1 aromatic heterocycles. The quantitative estimate of drug-likeness (QED) is 0.774. The first kappa shape index (κ1) is 17.8. The molecule has 1 fully saturated rings. The minimum absolute atomic E-state index is 0.217. The predicted octanol–water partition coefficient (Wildman–Crippen LogP) is 3.52. The fourth-order valence-corrected chi connectivity index (χ4v) is 2.77. The highest BCUT2D eigenvalue weighted by Crippen LogP contribution is 2.31. The Kier molecular flexibility index (Phi) is 5.01. The summed E-state index contributed by atoms with van der Waals surface area (Å²) >= 11 is 6.33. The zero-order valence-electron chi connectivity index (χ0n) is 13.4. The van der Waals surface area contributed by atoms with Crippen molar-refractivity contribution < 1.29 is 17.9 Å². The lowest BCUT2D eigenvalue weighted by Gasteiger charge is -2.23. The molecule has 1 aliphatic heterocycles. The summed E-state index contributed by atoms with van der Waals surface area (Å²) in [4.78, 5) is 0. The Balaban J connectivity index is 1.90. The number of hydrogen-bond acceptors (Lipinski definition) is 4. The van der Waals surface area contributed by atoms with Crippen LogP contribution in [0.5, 0.6) is 0 Å². The predicted molar refractivity (Wildman–Crippen MR) is 88.3 cm³/mol. The molecule has 134 valence electrons. The molecule has 5 nitrogen and oxygen atoms in total. The summed E-state index contributed by atoms with van der Waals surface area (Å²) in [5.41, 5.74) is 0.650. The van der Waals surface area contributed by atoms with E-state index in [-0.39, 0.29) is 10.8 Å². The van der Waals surface area contributed by atoms with Crippen LogP contribution in [-0.4, -0.2) is 47.3 Å². The summed E-state index contributed by atoms with van der Waals surface area (Å²) in [5, 5.41) is 10.7. The molecule has 0 radical (unpaired) electrons. The van der Waals surface area contributed by atoms with Crippen LogP contribution in [0, 0.1) is 6.92 Å². The van der Waals surface area contributed by atoms with E-state index in [4.69, 9.17) is 16.3 Å². The standard InChI is InChI=1S/C16H16ClF3N4O/c1-11-14(10-21-23-5-7-25-8-6-23)15(17)24(22-11)13-4-2-3-12(9-13)16(18,19)20/h2-4,9-10H,5-8H2,1H3/b21-10+. The van der Waals surface area contributed by atoms with E-state index < -0.39 is 11.7 Å². The van der Waals surface area contributed by atoms with E-state index in [0.29, 0.717) is 37.6 Å². The van der Waals surface area contributed by atoms with E-state index in [1.807, 2.05) is 5.01 Å². The van der Waals surface area contributed by atoms with Crippen LogP contribution >= 0.6 is 11.6 Å². The first-order chi connectivity index (χ1) is 11.9. The monoisotopic (exact) mass is 372 g/mol. The summed E-state index contributed by atoms with van der Waals surface area (Å²) in [6.45, 7) is 4.29. The van der Waals surface area contributed by atoms with E-state index in [2.05, 4.69) is 10.2 Å². The second-order valence-electron chi connectivity index (χ2n) is 5.56. The Labute approximate surface area is 147 Å². The number of morpholine rings is 1. The Morgan fingerprint density at radius 1 is 1.28 bits per heavy atom. The van der Waals surface area contributed by atoms with Gasteiger partial charge < -0.3 is 4.74 Å². The number of rotatable bonds is 3. The second kappa shape index (κ2) is 7.05. The number of aromatic nitrogens is 2. The summed E-state index contributed by atoms with van der Waals surface area (Å²) in [6, 6.07) is 4.87. The van der Waals surface area contributed by atoms with Crippen LogP contribution in [0.2, 0.25) is 5.15 Å². The van der Waals surface area contributed by atoms with Crippen molar-refractivity contribution in [1.82, 2.24) is 14.8 Å². The minimum Gasteiger partial charge on any atom is -0.378 e. The third kappa shape index (κ3) is 3.96. The van der Waals surface area contributed by atoms with Gasteiger partial charge in [0.05, 0.1) is 55.0 Å². The van der Waals surface area contributed by atoms with Gasteiger partial charge in [-0.1, -0.05) is 17.7 Å². The highest BCUT2D eigenvalue weighted by molar-refractivity contribution is 6.32. The number of aryl methyl sites for hydroxylation is 1.